The van der Waals surface area contributed by atoms with Crippen LogP contribution in [0.5, 0.6) is 0 Å². The predicted octanol–water partition coefficient (Wildman–Crippen LogP) is 3.21. The van der Waals surface area contributed by atoms with Crippen LogP contribution in [-0.4, -0.2) is 19.4 Å². The first-order valence-corrected chi connectivity index (χ1v) is 10.1. The van der Waals surface area contributed by atoms with Crippen molar-refractivity contribution >= 4 is 21.6 Å². The van der Waals surface area contributed by atoms with Crippen LogP contribution < -0.4 is 4.72 Å². The van der Waals surface area contributed by atoms with Gasteiger partial charge in [0.2, 0.25) is 10.0 Å². The third-order valence-electron chi connectivity index (χ3n) is 5.31. The first-order chi connectivity index (χ1) is 11.5. The van der Waals surface area contributed by atoms with Crippen LogP contribution in [-0.2, 0) is 22.9 Å². The van der Waals surface area contributed by atoms with Gasteiger partial charge in [-0.25, -0.2) is 18.1 Å². The summed E-state index contributed by atoms with van der Waals surface area (Å²) >= 11 is 5.76. The monoisotopic (exact) mass is 362 g/mol. The molecule has 2 unspecified atom stereocenters. The second-order valence-electron chi connectivity index (χ2n) is 6.74. The Hall–Kier alpha value is -1.43. The van der Waals surface area contributed by atoms with Gasteiger partial charge in [0.1, 0.15) is 10.0 Å². The lowest BCUT2D eigenvalue weighted by Gasteiger charge is -2.23. The fraction of sp³-hybridized carbons (Fsp3) is 0.389. The number of hydrogen-bond acceptors (Lipinski definition) is 3. The van der Waals surface area contributed by atoms with Crippen LogP contribution in [0.15, 0.2) is 47.5 Å². The number of sulfonamides is 1. The zero-order valence-electron chi connectivity index (χ0n) is 13.2. The highest BCUT2D eigenvalue weighted by atomic mass is 35.5. The van der Waals surface area contributed by atoms with Gasteiger partial charge in [-0.2, -0.15) is 0 Å². The Morgan fingerprint density at radius 2 is 1.62 bits per heavy atom. The molecule has 0 amide bonds. The van der Waals surface area contributed by atoms with E-state index in [9.17, 15) is 8.42 Å². The number of aromatic nitrogens is 1. The van der Waals surface area contributed by atoms with Crippen molar-refractivity contribution in [2.75, 3.05) is 0 Å². The van der Waals surface area contributed by atoms with Crippen molar-refractivity contribution in [3.63, 3.8) is 0 Å². The number of rotatable bonds is 3. The summed E-state index contributed by atoms with van der Waals surface area (Å²) in [7, 11) is -3.58. The molecule has 1 aromatic heterocycles. The smallest absolute Gasteiger partial charge is 0.242 e. The van der Waals surface area contributed by atoms with Gasteiger partial charge in [0, 0.05) is 12.2 Å². The summed E-state index contributed by atoms with van der Waals surface area (Å²) in [5, 5.41) is 0.291. The highest BCUT2D eigenvalue weighted by Crippen LogP contribution is 2.40. The summed E-state index contributed by atoms with van der Waals surface area (Å²) in [5.74, 6) is 0.711. The predicted molar refractivity (Wildman–Crippen MR) is 93.4 cm³/mol. The van der Waals surface area contributed by atoms with Gasteiger partial charge in [-0.1, -0.05) is 35.9 Å². The third-order valence-corrected chi connectivity index (χ3v) is 6.98. The molecule has 2 bridgehead atoms. The van der Waals surface area contributed by atoms with E-state index in [1.807, 2.05) is 0 Å². The second kappa shape index (κ2) is 6.14. The van der Waals surface area contributed by atoms with E-state index < -0.39 is 10.0 Å². The van der Waals surface area contributed by atoms with Crippen LogP contribution in [0.2, 0.25) is 5.15 Å². The molecular weight excluding hydrogens is 344 g/mol. The Balaban J connectivity index is 1.60. The van der Waals surface area contributed by atoms with Gasteiger partial charge in [-0.3, -0.25) is 0 Å². The summed E-state index contributed by atoms with van der Waals surface area (Å²) in [6.07, 6.45) is 5.35. The van der Waals surface area contributed by atoms with Gasteiger partial charge < -0.3 is 0 Å². The Bertz CT molecular complexity index is 819. The minimum atomic E-state index is -3.58. The van der Waals surface area contributed by atoms with E-state index in [2.05, 4.69) is 34.0 Å². The summed E-state index contributed by atoms with van der Waals surface area (Å²) < 4.78 is 28.4. The maximum atomic E-state index is 12.7. The molecule has 2 atom stereocenters. The molecule has 6 heteroatoms. The highest BCUT2D eigenvalue weighted by Gasteiger charge is 2.41. The van der Waals surface area contributed by atoms with Crippen molar-refractivity contribution in [1.29, 1.82) is 0 Å². The van der Waals surface area contributed by atoms with E-state index in [0.717, 1.165) is 25.7 Å². The van der Waals surface area contributed by atoms with Crippen LogP contribution >= 0.6 is 11.6 Å². The van der Waals surface area contributed by atoms with Crippen molar-refractivity contribution < 1.29 is 8.42 Å². The first kappa shape index (κ1) is 16.1. The number of fused-ring (bicyclic) bond motifs is 3. The molecular formula is C18H19ClN2O2S. The van der Waals surface area contributed by atoms with E-state index in [4.69, 9.17) is 11.6 Å². The van der Waals surface area contributed by atoms with Crippen molar-refractivity contribution in [1.82, 2.24) is 9.71 Å². The summed E-state index contributed by atoms with van der Waals surface area (Å²) in [4.78, 5) is 4.06. The van der Waals surface area contributed by atoms with Crippen LogP contribution in [0.1, 0.15) is 24.0 Å². The second-order valence-corrected chi connectivity index (χ2v) is 8.84. The molecule has 0 aliphatic heterocycles. The maximum absolute atomic E-state index is 12.7. The molecule has 1 heterocycles. The molecule has 2 aromatic rings. The van der Waals surface area contributed by atoms with Crippen LogP contribution in [0.25, 0.3) is 0 Å². The molecule has 2 aliphatic carbocycles. The number of nitrogens with one attached hydrogen (secondary N) is 1. The van der Waals surface area contributed by atoms with E-state index in [0.29, 0.717) is 17.0 Å². The molecule has 1 N–H and O–H groups in total. The normalized spacial score (nSPS) is 26.0. The topological polar surface area (TPSA) is 59.1 Å². The Labute approximate surface area is 147 Å². The van der Waals surface area contributed by atoms with Gasteiger partial charge in [0.05, 0.1) is 0 Å². The summed E-state index contributed by atoms with van der Waals surface area (Å²) in [6.45, 7) is 0. The molecule has 1 fully saturated rings. The Kier molecular flexibility index (Phi) is 4.11. The maximum Gasteiger partial charge on any atom is 0.242 e. The molecule has 2 aliphatic rings. The van der Waals surface area contributed by atoms with Crippen LogP contribution in [0, 0.1) is 11.8 Å². The van der Waals surface area contributed by atoms with E-state index in [1.54, 1.807) is 0 Å². The number of benzene rings is 1. The van der Waals surface area contributed by atoms with E-state index in [-0.39, 0.29) is 10.9 Å². The molecule has 1 aromatic carbocycles. The van der Waals surface area contributed by atoms with Crippen LogP contribution in [0.3, 0.4) is 0 Å². The fourth-order valence-electron chi connectivity index (χ4n) is 4.11. The Morgan fingerprint density at radius 3 is 2.17 bits per heavy atom. The number of nitrogens with zero attached hydrogens (tertiary/aromatic N) is 1. The molecule has 4 rings (SSSR count). The lowest BCUT2D eigenvalue weighted by atomic mass is 9.94. The average Bonchev–Trinajstić information content (AvgIpc) is 2.82. The molecule has 0 saturated heterocycles. The largest absolute Gasteiger partial charge is 0.243 e. The molecule has 24 heavy (non-hydrogen) atoms. The van der Waals surface area contributed by atoms with Gasteiger partial charge in [-0.05, 0) is 60.8 Å². The van der Waals surface area contributed by atoms with Gasteiger partial charge >= 0.3 is 0 Å². The molecule has 0 spiro atoms. The van der Waals surface area contributed by atoms with Gasteiger partial charge in [0.25, 0.3) is 0 Å². The van der Waals surface area contributed by atoms with E-state index >= 15 is 0 Å². The number of pyridine rings is 1. The zero-order chi connectivity index (χ0) is 16.7. The minimum absolute atomic E-state index is 0.0157. The Morgan fingerprint density at radius 1 is 1.00 bits per heavy atom. The lowest BCUT2D eigenvalue weighted by Crippen LogP contribution is -2.41. The quantitative estimate of drug-likeness (QED) is 0.853. The number of hydrogen-bond donors (Lipinski definition) is 1. The molecule has 1 saturated carbocycles. The summed E-state index contributed by atoms with van der Waals surface area (Å²) in [6, 6.07) is 11.5. The fourth-order valence-corrected chi connectivity index (χ4v) is 5.54. The zero-order valence-corrected chi connectivity index (χ0v) is 14.7. The average molecular weight is 363 g/mol. The van der Waals surface area contributed by atoms with Crippen molar-refractivity contribution in [3.05, 3.63) is 58.9 Å². The standard InChI is InChI=1S/C18H19ClN2O2S/c19-17-8-7-16(11-20-17)24(22,23)21-18-14-5-6-15(18)10-13-4-2-1-3-12(13)9-14/h1-4,7-8,11,14-15,18,21H,5-6,9-10H2. The van der Waals surface area contributed by atoms with Crippen molar-refractivity contribution in [2.24, 2.45) is 11.8 Å². The molecule has 4 nitrogen and oxygen atoms in total. The SMILES string of the molecule is O=S(=O)(NC1C2CCC1Cc1ccccc1C2)c1ccc(Cl)nc1. The first-order valence-electron chi connectivity index (χ1n) is 8.23. The summed E-state index contributed by atoms with van der Waals surface area (Å²) in [5.41, 5.74) is 2.73. The van der Waals surface area contributed by atoms with Crippen LogP contribution in [0.4, 0.5) is 0 Å². The van der Waals surface area contributed by atoms with E-state index in [1.165, 1.54) is 29.5 Å². The molecule has 0 radical (unpaired) electrons. The third kappa shape index (κ3) is 2.96. The highest BCUT2D eigenvalue weighted by molar-refractivity contribution is 7.89. The molecule has 126 valence electrons. The number of halogens is 1. The van der Waals surface area contributed by atoms with Crippen molar-refractivity contribution in [3.8, 4) is 0 Å². The minimum Gasteiger partial charge on any atom is -0.243 e. The lowest BCUT2D eigenvalue weighted by molar-refractivity contribution is 0.386. The van der Waals surface area contributed by atoms with Crippen molar-refractivity contribution in [2.45, 2.75) is 36.6 Å². The van der Waals surface area contributed by atoms with Gasteiger partial charge in [-0.15, -0.1) is 0 Å². The van der Waals surface area contributed by atoms with Gasteiger partial charge in [0.15, 0.2) is 0 Å².